The summed E-state index contributed by atoms with van der Waals surface area (Å²) in [4.78, 5) is 11.9. The van der Waals surface area contributed by atoms with Crippen molar-refractivity contribution in [2.75, 3.05) is 13.1 Å². The second-order valence-corrected chi connectivity index (χ2v) is 4.31. The average Bonchev–Trinajstić information content (AvgIpc) is 2.83. The van der Waals surface area contributed by atoms with E-state index in [0.29, 0.717) is 6.04 Å². The van der Waals surface area contributed by atoms with Gasteiger partial charge in [-0.1, -0.05) is 6.92 Å². The minimum Gasteiger partial charge on any atom is -0.353 e. The van der Waals surface area contributed by atoms with Crippen LogP contribution in [0.5, 0.6) is 0 Å². The smallest absolute Gasteiger partial charge is 0.227 e. The highest BCUT2D eigenvalue weighted by Crippen LogP contribution is 2.31. The molecule has 3 nitrogen and oxygen atoms in total. The first-order valence-corrected chi connectivity index (χ1v) is 5.28. The van der Waals surface area contributed by atoms with Crippen molar-refractivity contribution in [2.45, 2.75) is 38.6 Å². The molecule has 2 fully saturated rings. The van der Waals surface area contributed by atoms with Gasteiger partial charge in [-0.05, 0) is 32.2 Å². The number of nitrogens with one attached hydrogen (secondary N) is 2. The predicted octanol–water partition coefficient (Wildman–Crippen LogP) is 0.655. The second-order valence-electron chi connectivity index (χ2n) is 4.31. The SMILES string of the molecule is CCC1(C(=O)NC2CC2)CCNC1. The summed E-state index contributed by atoms with van der Waals surface area (Å²) in [6.45, 7) is 3.97. The topological polar surface area (TPSA) is 41.1 Å². The molecule has 0 radical (unpaired) electrons. The van der Waals surface area contributed by atoms with E-state index in [-0.39, 0.29) is 11.3 Å². The van der Waals surface area contributed by atoms with E-state index in [1.54, 1.807) is 0 Å². The number of carbonyl (C=O) groups excluding carboxylic acids is 1. The number of rotatable bonds is 3. The van der Waals surface area contributed by atoms with Crippen LogP contribution in [0.2, 0.25) is 0 Å². The molecule has 2 aliphatic rings. The average molecular weight is 182 g/mol. The molecule has 0 bridgehead atoms. The predicted molar refractivity (Wildman–Crippen MR) is 51.4 cm³/mol. The lowest BCUT2D eigenvalue weighted by atomic mass is 9.83. The van der Waals surface area contributed by atoms with Crippen LogP contribution in [0.15, 0.2) is 0 Å². The van der Waals surface area contributed by atoms with Crippen LogP contribution in [0.3, 0.4) is 0 Å². The van der Waals surface area contributed by atoms with Crippen LogP contribution in [0.1, 0.15) is 32.6 Å². The van der Waals surface area contributed by atoms with Gasteiger partial charge in [0.15, 0.2) is 0 Å². The van der Waals surface area contributed by atoms with E-state index < -0.39 is 0 Å². The Balaban J connectivity index is 1.96. The summed E-state index contributed by atoms with van der Waals surface area (Å²) in [5, 5.41) is 6.39. The third-order valence-corrected chi connectivity index (χ3v) is 3.31. The van der Waals surface area contributed by atoms with Gasteiger partial charge in [-0.3, -0.25) is 4.79 Å². The van der Waals surface area contributed by atoms with E-state index in [1.165, 1.54) is 12.8 Å². The number of hydrogen-bond acceptors (Lipinski definition) is 2. The minimum atomic E-state index is -0.0947. The summed E-state index contributed by atoms with van der Waals surface area (Å²) in [7, 11) is 0. The molecule has 2 N–H and O–H groups in total. The van der Waals surface area contributed by atoms with Crippen LogP contribution in [0.25, 0.3) is 0 Å². The van der Waals surface area contributed by atoms with Gasteiger partial charge in [-0.15, -0.1) is 0 Å². The van der Waals surface area contributed by atoms with Crippen molar-refractivity contribution in [3.05, 3.63) is 0 Å². The molecule has 3 heteroatoms. The van der Waals surface area contributed by atoms with Gasteiger partial charge in [-0.2, -0.15) is 0 Å². The van der Waals surface area contributed by atoms with Crippen LogP contribution in [-0.4, -0.2) is 25.0 Å². The van der Waals surface area contributed by atoms with Crippen molar-refractivity contribution in [3.63, 3.8) is 0 Å². The lowest BCUT2D eigenvalue weighted by molar-refractivity contribution is -0.130. The van der Waals surface area contributed by atoms with Crippen LogP contribution in [-0.2, 0) is 4.79 Å². The molecule has 0 aromatic rings. The van der Waals surface area contributed by atoms with Crippen LogP contribution in [0.4, 0.5) is 0 Å². The van der Waals surface area contributed by atoms with Crippen molar-refractivity contribution in [1.29, 1.82) is 0 Å². The molecular weight excluding hydrogens is 164 g/mol. The summed E-state index contributed by atoms with van der Waals surface area (Å²) in [6.07, 6.45) is 4.32. The molecule has 1 aliphatic carbocycles. The molecule has 1 atom stereocenters. The molecule has 1 heterocycles. The van der Waals surface area contributed by atoms with E-state index >= 15 is 0 Å². The molecule has 2 rings (SSSR count). The molecule has 1 amide bonds. The van der Waals surface area contributed by atoms with E-state index in [0.717, 1.165) is 25.9 Å². The third-order valence-electron chi connectivity index (χ3n) is 3.31. The lowest BCUT2D eigenvalue weighted by Gasteiger charge is -2.25. The van der Waals surface area contributed by atoms with Gasteiger partial charge >= 0.3 is 0 Å². The molecule has 74 valence electrons. The Morgan fingerprint density at radius 1 is 1.62 bits per heavy atom. The Labute approximate surface area is 79.3 Å². The number of carbonyl (C=O) groups is 1. The Morgan fingerprint density at radius 3 is 2.85 bits per heavy atom. The lowest BCUT2D eigenvalue weighted by Crippen LogP contribution is -2.43. The van der Waals surface area contributed by atoms with Gasteiger partial charge in [0.1, 0.15) is 0 Å². The molecule has 13 heavy (non-hydrogen) atoms. The highest BCUT2D eigenvalue weighted by Gasteiger charge is 2.41. The monoisotopic (exact) mass is 182 g/mol. The summed E-state index contributed by atoms with van der Waals surface area (Å²) < 4.78 is 0. The Morgan fingerprint density at radius 2 is 2.38 bits per heavy atom. The van der Waals surface area contributed by atoms with Gasteiger partial charge in [0.2, 0.25) is 5.91 Å². The van der Waals surface area contributed by atoms with Gasteiger partial charge in [0.25, 0.3) is 0 Å². The van der Waals surface area contributed by atoms with Gasteiger partial charge < -0.3 is 10.6 Å². The van der Waals surface area contributed by atoms with Gasteiger partial charge in [0, 0.05) is 12.6 Å². The largest absolute Gasteiger partial charge is 0.353 e. The third kappa shape index (κ3) is 1.70. The standard InChI is InChI=1S/C10H18N2O/c1-2-10(5-6-11-7-10)9(13)12-8-3-4-8/h8,11H,2-7H2,1H3,(H,12,13). The Hall–Kier alpha value is -0.570. The zero-order valence-electron chi connectivity index (χ0n) is 8.23. The maximum absolute atomic E-state index is 11.9. The van der Waals surface area contributed by atoms with E-state index in [2.05, 4.69) is 17.6 Å². The fraction of sp³-hybridized carbons (Fsp3) is 0.900. The first kappa shape index (κ1) is 9.00. The van der Waals surface area contributed by atoms with Crippen molar-refractivity contribution >= 4 is 5.91 Å². The Bertz CT molecular complexity index is 205. The maximum atomic E-state index is 11.9. The van der Waals surface area contributed by atoms with Crippen molar-refractivity contribution in [3.8, 4) is 0 Å². The zero-order valence-corrected chi connectivity index (χ0v) is 8.23. The van der Waals surface area contributed by atoms with Crippen molar-refractivity contribution in [2.24, 2.45) is 5.41 Å². The summed E-state index contributed by atoms with van der Waals surface area (Å²) >= 11 is 0. The molecule has 0 aromatic carbocycles. The van der Waals surface area contributed by atoms with Crippen LogP contribution >= 0.6 is 0 Å². The normalized spacial score (nSPS) is 33.3. The molecule has 1 saturated heterocycles. The maximum Gasteiger partial charge on any atom is 0.227 e. The van der Waals surface area contributed by atoms with E-state index in [1.807, 2.05) is 0 Å². The summed E-state index contributed by atoms with van der Waals surface area (Å²) in [6, 6.07) is 0.497. The molecular formula is C10H18N2O. The highest BCUT2D eigenvalue weighted by molar-refractivity contribution is 5.83. The fourth-order valence-corrected chi connectivity index (χ4v) is 1.97. The van der Waals surface area contributed by atoms with Crippen molar-refractivity contribution in [1.82, 2.24) is 10.6 Å². The zero-order chi connectivity index (χ0) is 9.31. The first-order valence-electron chi connectivity index (χ1n) is 5.28. The van der Waals surface area contributed by atoms with Crippen LogP contribution < -0.4 is 10.6 Å². The summed E-state index contributed by atoms with van der Waals surface area (Å²) in [5.74, 6) is 0.280. The molecule has 1 saturated carbocycles. The summed E-state index contributed by atoms with van der Waals surface area (Å²) in [5.41, 5.74) is -0.0947. The van der Waals surface area contributed by atoms with E-state index in [9.17, 15) is 4.79 Å². The van der Waals surface area contributed by atoms with E-state index in [4.69, 9.17) is 0 Å². The highest BCUT2D eigenvalue weighted by atomic mass is 16.2. The fourth-order valence-electron chi connectivity index (χ4n) is 1.97. The van der Waals surface area contributed by atoms with Crippen molar-refractivity contribution < 1.29 is 4.79 Å². The van der Waals surface area contributed by atoms with Crippen LogP contribution in [0, 0.1) is 5.41 Å². The quantitative estimate of drug-likeness (QED) is 0.673. The molecule has 0 aromatic heterocycles. The number of hydrogen-bond donors (Lipinski definition) is 2. The number of amides is 1. The second kappa shape index (κ2) is 3.29. The molecule has 0 spiro atoms. The molecule has 1 aliphatic heterocycles. The van der Waals surface area contributed by atoms with Gasteiger partial charge in [0.05, 0.1) is 5.41 Å². The first-order chi connectivity index (χ1) is 6.27. The Kier molecular flexibility index (Phi) is 2.28. The van der Waals surface area contributed by atoms with Gasteiger partial charge in [-0.25, -0.2) is 0 Å². The molecule has 1 unspecified atom stereocenters. The minimum absolute atomic E-state index is 0.0947.